The van der Waals surface area contributed by atoms with Crippen LogP contribution in [0.15, 0.2) is 24.3 Å². The molecule has 0 saturated carbocycles. The van der Waals surface area contributed by atoms with Crippen LogP contribution < -0.4 is 5.32 Å². The summed E-state index contributed by atoms with van der Waals surface area (Å²) in [5.74, 6) is 0. The van der Waals surface area contributed by atoms with Gasteiger partial charge in [-0.3, -0.25) is 0 Å². The van der Waals surface area contributed by atoms with Gasteiger partial charge in [-0.15, -0.1) is 0 Å². The molecular weight excluding hydrogens is 146 g/mol. The average Bonchev–Trinajstić information content (AvgIpc) is 2.53. The summed E-state index contributed by atoms with van der Waals surface area (Å²) < 4.78 is 0. The van der Waals surface area contributed by atoms with E-state index >= 15 is 0 Å². The van der Waals surface area contributed by atoms with Crippen LogP contribution in [-0.4, -0.2) is 7.05 Å². The van der Waals surface area contributed by atoms with Crippen molar-refractivity contribution in [3.05, 3.63) is 41.0 Å². The second-order valence-electron chi connectivity index (χ2n) is 3.12. The van der Waals surface area contributed by atoms with Gasteiger partial charge in [0.25, 0.3) is 0 Å². The Labute approximate surface area is 73.1 Å². The molecule has 2 rings (SSSR count). The van der Waals surface area contributed by atoms with Gasteiger partial charge in [0, 0.05) is 6.54 Å². The van der Waals surface area contributed by atoms with Crippen molar-refractivity contribution in [3.8, 4) is 0 Å². The van der Waals surface area contributed by atoms with Crippen LogP contribution in [0.5, 0.6) is 0 Å². The standard InChI is InChI=1S/C11H13N/c1-12-8-10-6-2-4-9-5-3-7-11(9)10/h2-6,12H,7-8H2,1H3. The molecule has 1 nitrogen and oxygen atoms in total. The molecule has 0 heterocycles. The Morgan fingerprint density at radius 3 is 3.17 bits per heavy atom. The number of allylic oxidation sites excluding steroid dienone is 1. The minimum atomic E-state index is 0.977. The summed E-state index contributed by atoms with van der Waals surface area (Å²) >= 11 is 0. The van der Waals surface area contributed by atoms with Crippen LogP contribution in [0.1, 0.15) is 16.7 Å². The fraction of sp³-hybridized carbons (Fsp3) is 0.273. The van der Waals surface area contributed by atoms with E-state index in [0.29, 0.717) is 0 Å². The first kappa shape index (κ1) is 7.56. The van der Waals surface area contributed by atoms with Gasteiger partial charge in [0.05, 0.1) is 0 Å². The van der Waals surface area contributed by atoms with Crippen LogP contribution in [0.3, 0.4) is 0 Å². The molecule has 1 aliphatic carbocycles. The van der Waals surface area contributed by atoms with Crippen molar-refractivity contribution < 1.29 is 0 Å². The Bertz CT molecular complexity index is 313. The molecule has 1 aromatic carbocycles. The highest BCUT2D eigenvalue weighted by Gasteiger charge is 2.07. The molecule has 0 fully saturated rings. The minimum Gasteiger partial charge on any atom is -0.316 e. The van der Waals surface area contributed by atoms with Gasteiger partial charge in [0.1, 0.15) is 0 Å². The van der Waals surface area contributed by atoms with Crippen molar-refractivity contribution in [1.29, 1.82) is 0 Å². The monoisotopic (exact) mass is 159 g/mol. The average molecular weight is 159 g/mol. The Balaban J connectivity index is 2.39. The fourth-order valence-corrected chi connectivity index (χ4v) is 1.72. The predicted molar refractivity (Wildman–Crippen MR) is 51.9 cm³/mol. The van der Waals surface area contributed by atoms with Gasteiger partial charge in [-0.1, -0.05) is 30.4 Å². The second-order valence-corrected chi connectivity index (χ2v) is 3.12. The molecule has 0 atom stereocenters. The Kier molecular flexibility index (Phi) is 1.96. The molecule has 0 aromatic heterocycles. The first-order chi connectivity index (χ1) is 5.92. The molecule has 0 amide bonds. The van der Waals surface area contributed by atoms with E-state index in [2.05, 4.69) is 35.7 Å². The maximum atomic E-state index is 3.19. The smallest absolute Gasteiger partial charge is 0.0205 e. The van der Waals surface area contributed by atoms with Gasteiger partial charge < -0.3 is 5.32 Å². The topological polar surface area (TPSA) is 12.0 Å². The predicted octanol–water partition coefficient (Wildman–Crippen LogP) is 1.98. The molecule has 1 heteroatoms. The van der Waals surface area contributed by atoms with Crippen LogP contribution in [0.4, 0.5) is 0 Å². The third-order valence-corrected chi connectivity index (χ3v) is 2.30. The molecule has 62 valence electrons. The number of benzene rings is 1. The van der Waals surface area contributed by atoms with Crippen molar-refractivity contribution in [3.63, 3.8) is 0 Å². The van der Waals surface area contributed by atoms with Crippen molar-refractivity contribution in [2.75, 3.05) is 7.05 Å². The molecule has 0 aliphatic heterocycles. The SMILES string of the molecule is CNCc1cccc2c1CC=C2. The highest BCUT2D eigenvalue weighted by molar-refractivity contribution is 5.61. The number of fused-ring (bicyclic) bond motifs is 1. The molecule has 0 spiro atoms. The zero-order valence-corrected chi connectivity index (χ0v) is 7.30. The lowest BCUT2D eigenvalue weighted by molar-refractivity contribution is 0.809. The van der Waals surface area contributed by atoms with E-state index < -0.39 is 0 Å². The molecule has 0 bridgehead atoms. The van der Waals surface area contributed by atoms with Gasteiger partial charge in [0.2, 0.25) is 0 Å². The maximum absolute atomic E-state index is 3.19. The second kappa shape index (κ2) is 3.11. The highest BCUT2D eigenvalue weighted by Crippen LogP contribution is 2.22. The zero-order chi connectivity index (χ0) is 8.39. The summed E-state index contributed by atoms with van der Waals surface area (Å²) in [5.41, 5.74) is 4.31. The number of nitrogens with one attached hydrogen (secondary N) is 1. The van der Waals surface area contributed by atoms with E-state index in [9.17, 15) is 0 Å². The lowest BCUT2D eigenvalue weighted by atomic mass is 10.0. The van der Waals surface area contributed by atoms with E-state index in [1.165, 1.54) is 16.7 Å². The largest absolute Gasteiger partial charge is 0.316 e. The third kappa shape index (κ3) is 1.16. The maximum Gasteiger partial charge on any atom is 0.0205 e. The summed E-state index contributed by atoms with van der Waals surface area (Å²) in [6, 6.07) is 6.50. The Morgan fingerprint density at radius 1 is 1.42 bits per heavy atom. The summed E-state index contributed by atoms with van der Waals surface area (Å²) in [7, 11) is 1.99. The van der Waals surface area contributed by atoms with Gasteiger partial charge >= 0.3 is 0 Å². The number of rotatable bonds is 2. The Hall–Kier alpha value is -1.08. The molecule has 12 heavy (non-hydrogen) atoms. The lowest BCUT2D eigenvalue weighted by Crippen LogP contribution is -2.07. The minimum absolute atomic E-state index is 0.977. The zero-order valence-electron chi connectivity index (χ0n) is 7.30. The highest BCUT2D eigenvalue weighted by atomic mass is 14.8. The van der Waals surface area contributed by atoms with Crippen LogP contribution in [0.2, 0.25) is 0 Å². The van der Waals surface area contributed by atoms with E-state index in [1.807, 2.05) is 7.05 Å². The van der Waals surface area contributed by atoms with Crippen molar-refractivity contribution in [2.24, 2.45) is 0 Å². The molecule has 1 N–H and O–H groups in total. The van der Waals surface area contributed by atoms with Crippen molar-refractivity contribution >= 4 is 6.08 Å². The third-order valence-electron chi connectivity index (χ3n) is 2.30. The van der Waals surface area contributed by atoms with Crippen LogP contribution in [-0.2, 0) is 13.0 Å². The molecule has 1 aliphatic rings. The molecule has 0 saturated heterocycles. The van der Waals surface area contributed by atoms with Crippen LogP contribution in [0, 0.1) is 0 Å². The van der Waals surface area contributed by atoms with Gasteiger partial charge in [0.15, 0.2) is 0 Å². The number of hydrogen-bond acceptors (Lipinski definition) is 1. The number of hydrogen-bond donors (Lipinski definition) is 1. The molecule has 0 unspecified atom stereocenters. The lowest BCUT2D eigenvalue weighted by Gasteiger charge is -2.06. The van der Waals surface area contributed by atoms with Gasteiger partial charge in [-0.25, -0.2) is 0 Å². The molecular formula is C11H13N. The van der Waals surface area contributed by atoms with Gasteiger partial charge in [-0.2, -0.15) is 0 Å². The van der Waals surface area contributed by atoms with Crippen molar-refractivity contribution in [2.45, 2.75) is 13.0 Å². The molecule has 1 aromatic rings. The first-order valence-electron chi connectivity index (χ1n) is 4.33. The quantitative estimate of drug-likeness (QED) is 0.695. The van der Waals surface area contributed by atoms with E-state index in [-0.39, 0.29) is 0 Å². The normalized spacial score (nSPS) is 13.4. The summed E-state index contributed by atoms with van der Waals surface area (Å²) in [4.78, 5) is 0. The first-order valence-corrected chi connectivity index (χ1v) is 4.33. The van der Waals surface area contributed by atoms with Crippen LogP contribution in [0.25, 0.3) is 6.08 Å². The summed E-state index contributed by atoms with van der Waals surface area (Å²) in [5, 5.41) is 3.19. The van der Waals surface area contributed by atoms with Crippen LogP contribution >= 0.6 is 0 Å². The summed E-state index contributed by atoms with van der Waals surface area (Å²) in [6.45, 7) is 0.977. The fourth-order valence-electron chi connectivity index (χ4n) is 1.72. The summed E-state index contributed by atoms with van der Waals surface area (Å²) in [6.07, 6.45) is 5.53. The van der Waals surface area contributed by atoms with Crippen molar-refractivity contribution in [1.82, 2.24) is 5.32 Å². The van der Waals surface area contributed by atoms with Gasteiger partial charge in [-0.05, 0) is 30.2 Å². The molecule has 0 radical (unpaired) electrons. The van der Waals surface area contributed by atoms with E-state index in [0.717, 1.165) is 13.0 Å². The van der Waals surface area contributed by atoms with E-state index in [1.54, 1.807) is 0 Å². The van der Waals surface area contributed by atoms with E-state index in [4.69, 9.17) is 0 Å². The Morgan fingerprint density at radius 2 is 2.33 bits per heavy atom.